The van der Waals surface area contributed by atoms with Gasteiger partial charge in [-0.2, -0.15) is 0 Å². The van der Waals surface area contributed by atoms with E-state index in [1.807, 2.05) is 13.0 Å². The second kappa shape index (κ2) is 8.76. The zero-order valence-corrected chi connectivity index (χ0v) is 15.5. The molecule has 6 heteroatoms. The Morgan fingerprint density at radius 3 is 2.71 bits per heavy atom. The van der Waals surface area contributed by atoms with Gasteiger partial charge in [0.1, 0.15) is 18.1 Å². The van der Waals surface area contributed by atoms with Crippen LogP contribution in [0.3, 0.4) is 0 Å². The Bertz CT molecular complexity index is 749. The monoisotopic (exact) mass is 409 g/mol. The van der Waals surface area contributed by atoms with Crippen molar-refractivity contribution in [3.8, 4) is 11.5 Å². The second-order valence-electron chi connectivity index (χ2n) is 5.19. The van der Waals surface area contributed by atoms with Gasteiger partial charge in [0.05, 0.1) is 5.02 Å². The SMILES string of the molecule is C=C(C)COc1cccc(NC(=O)COc2ccc(Br)cc2Cl)c1. The highest BCUT2D eigenvalue weighted by Gasteiger charge is 2.07. The number of hydrogen-bond donors (Lipinski definition) is 1. The summed E-state index contributed by atoms with van der Waals surface area (Å²) in [4.78, 5) is 12.0. The normalized spacial score (nSPS) is 10.1. The average Bonchev–Trinajstić information content (AvgIpc) is 2.52. The first-order valence-corrected chi connectivity index (χ1v) is 8.36. The van der Waals surface area contributed by atoms with E-state index < -0.39 is 0 Å². The van der Waals surface area contributed by atoms with Crippen LogP contribution in [0.1, 0.15) is 6.92 Å². The Kier molecular flexibility index (Phi) is 6.70. The average molecular weight is 411 g/mol. The summed E-state index contributed by atoms with van der Waals surface area (Å²) in [6.07, 6.45) is 0. The number of ether oxygens (including phenoxy) is 2. The van der Waals surface area contributed by atoms with Crippen molar-refractivity contribution in [3.05, 3.63) is 64.1 Å². The van der Waals surface area contributed by atoms with Crippen molar-refractivity contribution in [1.82, 2.24) is 0 Å². The minimum absolute atomic E-state index is 0.141. The van der Waals surface area contributed by atoms with Crippen LogP contribution in [0.5, 0.6) is 11.5 Å². The van der Waals surface area contributed by atoms with Crippen LogP contribution in [0.25, 0.3) is 0 Å². The Hall–Kier alpha value is -1.98. The molecule has 0 bridgehead atoms. The van der Waals surface area contributed by atoms with Crippen LogP contribution < -0.4 is 14.8 Å². The van der Waals surface area contributed by atoms with Crippen LogP contribution in [0.15, 0.2) is 59.1 Å². The van der Waals surface area contributed by atoms with E-state index in [0.717, 1.165) is 10.0 Å². The molecule has 0 fully saturated rings. The molecule has 2 rings (SSSR count). The zero-order chi connectivity index (χ0) is 17.5. The van der Waals surface area contributed by atoms with E-state index >= 15 is 0 Å². The van der Waals surface area contributed by atoms with Gasteiger partial charge in [-0.3, -0.25) is 4.79 Å². The third-order valence-electron chi connectivity index (χ3n) is 2.86. The summed E-state index contributed by atoms with van der Waals surface area (Å²) in [7, 11) is 0. The van der Waals surface area contributed by atoms with E-state index in [1.54, 1.807) is 36.4 Å². The van der Waals surface area contributed by atoms with Gasteiger partial charge in [0.15, 0.2) is 6.61 Å². The number of carbonyl (C=O) groups excluding carboxylic acids is 1. The number of benzene rings is 2. The summed E-state index contributed by atoms with van der Waals surface area (Å²) in [5.41, 5.74) is 1.55. The molecule has 4 nitrogen and oxygen atoms in total. The highest BCUT2D eigenvalue weighted by molar-refractivity contribution is 9.10. The van der Waals surface area contributed by atoms with Crippen molar-refractivity contribution >= 4 is 39.1 Å². The van der Waals surface area contributed by atoms with Gasteiger partial charge in [-0.15, -0.1) is 0 Å². The Balaban J connectivity index is 1.90. The fraction of sp³-hybridized carbons (Fsp3) is 0.167. The summed E-state index contributed by atoms with van der Waals surface area (Å²) in [6, 6.07) is 12.3. The Morgan fingerprint density at radius 2 is 2.00 bits per heavy atom. The molecule has 0 aliphatic heterocycles. The van der Waals surface area contributed by atoms with Gasteiger partial charge in [-0.1, -0.05) is 40.2 Å². The molecule has 0 saturated carbocycles. The first kappa shape index (κ1) is 18.4. The number of rotatable bonds is 7. The molecule has 0 saturated heterocycles. The lowest BCUT2D eigenvalue weighted by Gasteiger charge is -2.10. The van der Waals surface area contributed by atoms with E-state index in [9.17, 15) is 4.79 Å². The molecule has 0 unspecified atom stereocenters. The van der Waals surface area contributed by atoms with Crippen molar-refractivity contribution in [1.29, 1.82) is 0 Å². The number of amides is 1. The van der Waals surface area contributed by atoms with Crippen LogP contribution in [0.2, 0.25) is 5.02 Å². The minimum atomic E-state index is -0.286. The number of nitrogens with one attached hydrogen (secondary N) is 1. The predicted octanol–water partition coefficient (Wildman–Crippen LogP) is 5.07. The van der Waals surface area contributed by atoms with Crippen LogP contribution in [0.4, 0.5) is 5.69 Å². The van der Waals surface area contributed by atoms with Crippen molar-refractivity contribution in [2.45, 2.75) is 6.92 Å². The zero-order valence-electron chi connectivity index (χ0n) is 13.1. The standard InChI is InChI=1S/C18H17BrClNO3/c1-12(2)10-23-15-5-3-4-14(9-15)21-18(22)11-24-17-7-6-13(19)8-16(17)20/h3-9H,1,10-11H2,2H3,(H,21,22). The molecular weight excluding hydrogens is 394 g/mol. The molecule has 126 valence electrons. The number of carbonyl (C=O) groups is 1. The van der Waals surface area contributed by atoms with E-state index in [4.69, 9.17) is 21.1 Å². The van der Waals surface area contributed by atoms with Crippen LogP contribution >= 0.6 is 27.5 Å². The Labute approximate surface area is 154 Å². The molecule has 24 heavy (non-hydrogen) atoms. The van der Waals surface area contributed by atoms with Crippen molar-refractivity contribution in [2.24, 2.45) is 0 Å². The smallest absolute Gasteiger partial charge is 0.262 e. The van der Waals surface area contributed by atoms with Gasteiger partial charge in [0.25, 0.3) is 5.91 Å². The third kappa shape index (κ3) is 5.91. The van der Waals surface area contributed by atoms with E-state index in [0.29, 0.717) is 28.8 Å². The molecule has 0 radical (unpaired) electrons. The quantitative estimate of drug-likeness (QED) is 0.648. The lowest BCUT2D eigenvalue weighted by atomic mass is 10.3. The Morgan fingerprint density at radius 1 is 1.21 bits per heavy atom. The van der Waals surface area contributed by atoms with Gasteiger partial charge in [-0.25, -0.2) is 0 Å². The maximum absolute atomic E-state index is 12.0. The van der Waals surface area contributed by atoms with E-state index in [2.05, 4.69) is 27.8 Å². The van der Waals surface area contributed by atoms with Crippen molar-refractivity contribution < 1.29 is 14.3 Å². The molecule has 2 aromatic rings. The summed E-state index contributed by atoms with van der Waals surface area (Å²) >= 11 is 9.36. The number of hydrogen-bond acceptors (Lipinski definition) is 3. The molecule has 0 aliphatic carbocycles. The molecule has 1 N–H and O–H groups in total. The number of halogens is 2. The third-order valence-corrected chi connectivity index (χ3v) is 3.64. The van der Waals surface area contributed by atoms with Gasteiger partial charge in [-0.05, 0) is 42.8 Å². The maximum Gasteiger partial charge on any atom is 0.262 e. The lowest BCUT2D eigenvalue weighted by Crippen LogP contribution is -2.20. The lowest BCUT2D eigenvalue weighted by molar-refractivity contribution is -0.118. The molecule has 1 amide bonds. The summed E-state index contributed by atoms with van der Waals surface area (Å²) in [6.45, 7) is 5.96. The first-order chi connectivity index (χ1) is 11.4. The van der Waals surface area contributed by atoms with Gasteiger partial charge < -0.3 is 14.8 Å². The molecule has 0 atom stereocenters. The fourth-order valence-electron chi connectivity index (χ4n) is 1.80. The van der Waals surface area contributed by atoms with Crippen molar-refractivity contribution in [2.75, 3.05) is 18.5 Å². The minimum Gasteiger partial charge on any atom is -0.489 e. The first-order valence-electron chi connectivity index (χ1n) is 7.19. The summed E-state index contributed by atoms with van der Waals surface area (Å²) < 4.78 is 11.8. The molecule has 0 spiro atoms. The highest BCUT2D eigenvalue weighted by atomic mass is 79.9. The largest absolute Gasteiger partial charge is 0.489 e. The van der Waals surface area contributed by atoms with E-state index in [-0.39, 0.29) is 12.5 Å². The van der Waals surface area contributed by atoms with Gasteiger partial charge in [0.2, 0.25) is 0 Å². The van der Waals surface area contributed by atoms with Gasteiger partial charge in [0, 0.05) is 16.2 Å². The van der Waals surface area contributed by atoms with Crippen LogP contribution in [-0.4, -0.2) is 19.1 Å². The molecule has 2 aromatic carbocycles. The van der Waals surface area contributed by atoms with Crippen LogP contribution in [0, 0.1) is 0 Å². The fourth-order valence-corrected chi connectivity index (χ4v) is 2.53. The van der Waals surface area contributed by atoms with E-state index in [1.165, 1.54) is 0 Å². The molecular formula is C18H17BrClNO3. The predicted molar refractivity (Wildman–Crippen MR) is 100 cm³/mol. The van der Waals surface area contributed by atoms with Crippen LogP contribution in [-0.2, 0) is 4.79 Å². The summed E-state index contributed by atoms with van der Waals surface area (Å²) in [5.74, 6) is 0.826. The highest BCUT2D eigenvalue weighted by Crippen LogP contribution is 2.27. The molecule has 0 aromatic heterocycles. The number of anilines is 1. The summed E-state index contributed by atoms with van der Waals surface area (Å²) in [5, 5.41) is 3.19. The van der Waals surface area contributed by atoms with Crippen molar-refractivity contribution in [3.63, 3.8) is 0 Å². The van der Waals surface area contributed by atoms with Gasteiger partial charge >= 0.3 is 0 Å². The molecule has 0 heterocycles. The maximum atomic E-state index is 12.0. The second-order valence-corrected chi connectivity index (χ2v) is 6.51. The molecule has 0 aliphatic rings. The topological polar surface area (TPSA) is 47.6 Å².